The molecule has 3 aliphatic rings. The Balaban J connectivity index is 1.43. The highest BCUT2D eigenvalue weighted by Gasteiger charge is 2.55. The molecule has 1 aromatic carbocycles. The van der Waals surface area contributed by atoms with E-state index in [0.29, 0.717) is 11.5 Å². The Bertz CT molecular complexity index is 1320. The van der Waals surface area contributed by atoms with Crippen LogP contribution in [0.4, 0.5) is 22.9 Å². The number of benzene rings is 1. The van der Waals surface area contributed by atoms with E-state index in [-0.39, 0.29) is 22.9 Å². The second-order valence-electron chi connectivity index (χ2n) is 9.03. The molecule has 0 saturated heterocycles. The molecule has 6 rings (SSSR count). The van der Waals surface area contributed by atoms with Gasteiger partial charge in [0.1, 0.15) is 17.2 Å². The van der Waals surface area contributed by atoms with Gasteiger partial charge in [-0.3, -0.25) is 9.59 Å². The largest absolute Gasteiger partial charge is 0.365 e. The molecule has 2 amide bonds. The number of anilines is 4. The Kier molecular flexibility index (Phi) is 4.05. The Labute approximate surface area is 190 Å². The number of pyridine rings is 1. The van der Waals surface area contributed by atoms with Gasteiger partial charge < -0.3 is 21.3 Å². The van der Waals surface area contributed by atoms with Crippen molar-refractivity contribution in [2.75, 3.05) is 22.6 Å². The molecule has 168 valence electrons. The number of para-hydroxylation sites is 1. The molecule has 2 aromatic heterocycles. The predicted octanol–water partition coefficient (Wildman–Crippen LogP) is 2.60. The third-order valence-electron chi connectivity index (χ3n) is 6.71. The van der Waals surface area contributed by atoms with Gasteiger partial charge >= 0.3 is 0 Å². The fourth-order valence-corrected chi connectivity index (χ4v) is 4.62. The summed E-state index contributed by atoms with van der Waals surface area (Å²) in [5.41, 5.74) is 8.84. The third kappa shape index (κ3) is 3.05. The Morgan fingerprint density at radius 1 is 1.21 bits per heavy atom. The van der Waals surface area contributed by atoms with Crippen LogP contribution in [0.25, 0.3) is 5.69 Å². The molecule has 0 bridgehead atoms. The van der Waals surface area contributed by atoms with E-state index in [1.807, 2.05) is 29.8 Å². The van der Waals surface area contributed by atoms with Gasteiger partial charge in [0.2, 0.25) is 5.91 Å². The van der Waals surface area contributed by atoms with Crippen molar-refractivity contribution in [3.63, 3.8) is 0 Å². The number of carbonyl (C=O) groups excluding carboxylic acids is 2. The van der Waals surface area contributed by atoms with Gasteiger partial charge in [-0.05, 0) is 44.7 Å². The first-order valence-electron chi connectivity index (χ1n) is 11.1. The standard InChI is InChI=1S/C23H24N8O2/c1-12-26-22-23(8-9-23)30(2)19-15(4-3-5-17(19)31(22)29-12)27-16-10-18(25-11-14(16)20(24)32)28-21(33)13-6-7-13/h3-5,10-11,13H,6-9H2,1-2H3,(H2,24,32)(H2,25,27,28,33). The highest BCUT2D eigenvalue weighted by atomic mass is 16.2. The molecule has 10 heteroatoms. The number of hydrogen-bond acceptors (Lipinski definition) is 7. The first kappa shape index (κ1) is 19.7. The van der Waals surface area contributed by atoms with Crippen LogP contribution >= 0.6 is 0 Å². The molecule has 2 saturated carbocycles. The quantitative estimate of drug-likeness (QED) is 0.551. The van der Waals surface area contributed by atoms with Gasteiger partial charge in [-0.15, -0.1) is 0 Å². The maximum absolute atomic E-state index is 12.2. The van der Waals surface area contributed by atoms with E-state index >= 15 is 0 Å². The molecule has 33 heavy (non-hydrogen) atoms. The predicted molar refractivity (Wildman–Crippen MR) is 123 cm³/mol. The molecular formula is C23H24N8O2. The topological polar surface area (TPSA) is 131 Å². The molecule has 10 nitrogen and oxygen atoms in total. The number of nitrogens with one attached hydrogen (secondary N) is 2. The average Bonchev–Trinajstić information content (AvgIpc) is 3.70. The fraction of sp³-hybridized carbons (Fsp3) is 0.348. The zero-order valence-electron chi connectivity index (χ0n) is 18.4. The first-order chi connectivity index (χ1) is 15.9. The minimum atomic E-state index is -0.601. The van der Waals surface area contributed by atoms with Crippen LogP contribution in [0.15, 0.2) is 30.5 Å². The van der Waals surface area contributed by atoms with Crippen LogP contribution in [0.5, 0.6) is 0 Å². The van der Waals surface area contributed by atoms with Gasteiger partial charge in [-0.25, -0.2) is 14.6 Å². The minimum Gasteiger partial charge on any atom is -0.365 e. The third-order valence-corrected chi connectivity index (χ3v) is 6.71. The molecule has 0 unspecified atom stereocenters. The molecule has 0 atom stereocenters. The number of amides is 2. The van der Waals surface area contributed by atoms with E-state index in [0.717, 1.165) is 54.4 Å². The molecule has 1 aliphatic heterocycles. The summed E-state index contributed by atoms with van der Waals surface area (Å²) in [7, 11) is 2.06. The van der Waals surface area contributed by atoms with Gasteiger partial charge in [-0.2, -0.15) is 5.10 Å². The van der Waals surface area contributed by atoms with Crippen molar-refractivity contribution in [1.82, 2.24) is 19.7 Å². The molecular weight excluding hydrogens is 420 g/mol. The van der Waals surface area contributed by atoms with Gasteiger partial charge in [0.05, 0.1) is 28.3 Å². The van der Waals surface area contributed by atoms with E-state index in [4.69, 9.17) is 10.7 Å². The molecule has 2 aliphatic carbocycles. The summed E-state index contributed by atoms with van der Waals surface area (Å²) in [5, 5.41) is 10.9. The van der Waals surface area contributed by atoms with Crippen LogP contribution in [-0.4, -0.2) is 38.6 Å². The van der Waals surface area contributed by atoms with Crippen LogP contribution in [-0.2, 0) is 10.3 Å². The van der Waals surface area contributed by atoms with Crippen molar-refractivity contribution in [3.05, 3.63) is 47.7 Å². The van der Waals surface area contributed by atoms with Crippen molar-refractivity contribution in [2.24, 2.45) is 11.7 Å². The van der Waals surface area contributed by atoms with E-state index in [1.54, 1.807) is 6.07 Å². The van der Waals surface area contributed by atoms with Crippen molar-refractivity contribution in [2.45, 2.75) is 38.1 Å². The summed E-state index contributed by atoms with van der Waals surface area (Å²) in [6.07, 6.45) is 5.17. The van der Waals surface area contributed by atoms with Crippen molar-refractivity contribution in [1.29, 1.82) is 0 Å². The lowest BCUT2D eigenvalue weighted by Gasteiger charge is -2.37. The summed E-state index contributed by atoms with van der Waals surface area (Å²) < 4.78 is 1.92. The first-order valence-corrected chi connectivity index (χ1v) is 11.1. The number of carbonyl (C=O) groups is 2. The van der Waals surface area contributed by atoms with E-state index in [9.17, 15) is 9.59 Å². The van der Waals surface area contributed by atoms with Crippen LogP contribution < -0.4 is 21.3 Å². The lowest BCUT2D eigenvalue weighted by atomic mass is 10.1. The van der Waals surface area contributed by atoms with Crippen LogP contribution in [0.3, 0.4) is 0 Å². The lowest BCUT2D eigenvalue weighted by Crippen LogP contribution is -2.39. The number of rotatable bonds is 5. The number of fused-ring (bicyclic) bond motifs is 4. The number of aryl methyl sites for hydroxylation is 1. The maximum atomic E-state index is 12.2. The maximum Gasteiger partial charge on any atom is 0.252 e. The zero-order chi connectivity index (χ0) is 22.9. The summed E-state index contributed by atoms with van der Waals surface area (Å²) in [4.78, 5) is 35.5. The highest BCUT2D eigenvalue weighted by molar-refractivity contribution is 6.01. The normalized spacial score (nSPS) is 17.3. The second kappa shape index (κ2) is 6.77. The Morgan fingerprint density at radius 3 is 2.70 bits per heavy atom. The second-order valence-corrected chi connectivity index (χ2v) is 9.03. The number of aromatic nitrogens is 4. The molecule has 3 aromatic rings. The minimum absolute atomic E-state index is 0.0453. The van der Waals surface area contributed by atoms with E-state index in [2.05, 4.69) is 32.7 Å². The average molecular weight is 444 g/mol. The van der Waals surface area contributed by atoms with Gasteiger partial charge in [0.15, 0.2) is 5.82 Å². The molecule has 3 heterocycles. The number of hydrogen-bond donors (Lipinski definition) is 3. The van der Waals surface area contributed by atoms with E-state index < -0.39 is 5.91 Å². The SMILES string of the molecule is Cc1nc2n(n1)-c1cccc(Nc3cc(NC(=O)C4CC4)ncc3C(N)=O)c1N(C)C21CC1. The summed E-state index contributed by atoms with van der Waals surface area (Å²) >= 11 is 0. The van der Waals surface area contributed by atoms with Crippen LogP contribution in [0.1, 0.15) is 47.7 Å². The summed E-state index contributed by atoms with van der Waals surface area (Å²) in [6, 6.07) is 7.54. The lowest BCUT2D eigenvalue weighted by molar-refractivity contribution is -0.117. The van der Waals surface area contributed by atoms with Crippen molar-refractivity contribution >= 4 is 34.7 Å². The fourth-order valence-electron chi connectivity index (χ4n) is 4.62. The number of nitrogens with zero attached hydrogens (tertiary/aromatic N) is 5. The van der Waals surface area contributed by atoms with Crippen molar-refractivity contribution < 1.29 is 9.59 Å². The van der Waals surface area contributed by atoms with Crippen LogP contribution in [0, 0.1) is 12.8 Å². The van der Waals surface area contributed by atoms with Crippen LogP contribution in [0.2, 0.25) is 0 Å². The molecule has 2 fully saturated rings. The number of nitrogens with two attached hydrogens (primary N) is 1. The zero-order valence-corrected chi connectivity index (χ0v) is 18.4. The van der Waals surface area contributed by atoms with Gasteiger partial charge in [-0.1, -0.05) is 6.07 Å². The van der Waals surface area contributed by atoms with Gasteiger partial charge in [0.25, 0.3) is 5.91 Å². The summed E-state index contributed by atoms with van der Waals surface area (Å²) in [6.45, 7) is 1.90. The highest BCUT2D eigenvalue weighted by Crippen LogP contribution is 2.57. The number of primary amides is 1. The smallest absolute Gasteiger partial charge is 0.252 e. The monoisotopic (exact) mass is 444 g/mol. The molecule has 0 radical (unpaired) electrons. The van der Waals surface area contributed by atoms with E-state index in [1.165, 1.54) is 6.20 Å². The van der Waals surface area contributed by atoms with Gasteiger partial charge in [0, 0.05) is 25.2 Å². The summed E-state index contributed by atoms with van der Waals surface area (Å²) in [5.74, 6) is 1.46. The Morgan fingerprint density at radius 2 is 2.00 bits per heavy atom. The molecule has 4 N–H and O–H groups in total. The Hall–Kier alpha value is -3.95. The van der Waals surface area contributed by atoms with Crippen molar-refractivity contribution in [3.8, 4) is 5.69 Å². The molecule has 1 spiro atoms.